The Morgan fingerprint density at radius 3 is 2.64 bits per heavy atom. The van der Waals surface area contributed by atoms with Crippen LogP contribution in [-0.4, -0.2) is 32.3 Å². The number of amides is 1. The van der Waals surface area contributed by atoms with Crippen LogP contribution in [0.5, 0.6) is 11.5 Å². The van der Waals surface area contributed by atoms with Crippen molar-refractivity contribution in [3.8, 4) is 11.5 Å². The lowest BCUT2D eigenvalue weighted by Crippen LogP contribution is -2.32. The molecule has 1 aromatic rings. The first kappa shape index (κ1) is 18.2. The molecule has 1 rings (SSSR count). The SMILES string of the molecule is CCOc1c(Cl)cc(/C=C/C(=O)NCC(F)(F)F)cc1OC. The molecule has 0 aliphatic rings. The van der Waals surface area contributed by atoms with Crippen molar-refractivity contribution in [2.75, 3.05) is 20.3 Å². The van der Waals surface area contributed by atoms with E-state index in [1.165, 1.54) is 19.3 Å². The molecule has 1 aromatic carbocycles. The minimum atomic E-state index is -4.45. The minimum absolute atomic E-state index is 0.275. The standard InChI is InChI=1S/C14H15ClF3NO3/c1-3-22-13-10(15)6-9(7-11(13)21-2)4-5-12(20)19-8-14(16,17)18/h4-7H,3,8H2,1-2H3,(H,19,20)/b5-4+. The largest absolute Gasteiger partial charge is 0.493 e. The molecule has 0 aliphatic heterocycles. The lowest BCUT2D eigenvalue weighted by Gasteiger charge is -2.12. The van der Waals surface area contributed by atoms with Gasteiger partial charge in [-0.2, -0.15) is 13.2 Å². The van der Waals surface area contributed by atoms with Crippen LogP contribution in [0.15, 0.2) is 18.2 Å². The minimum Gasteiger partial charge on any atom is -0.493 e. The van der Waals surface area contributed by atoms with Gasteiger partial charge in [-0.25, -0.2) is 0 Å². The van der Waals surface area contributed by atoms with Crippen molar-refractivity contribution in [3.63, 3.8) is 0 Å². The smallest absolute Gasteiger partial charge is 0.405 e. The summed E-state index contributed by atoms with van der Waals surface area (Å²) in [7, 11) is 1.43. The normalized spacial score (nSPS) is 11.5. The van der Waals surface area contributed by atoms with Gasteiger partial charge in [0.2, 0.25) is 5.91 Å². The number of rotatable bonds is 6. The number of ether oxygens (including phenoxy) is 2. The maximum Gasteiger partial charge on any atom is 0.405 e. The van der Waals surface area contributed by atoms with Gasteiger partial charge in [-0.05, 0) is 30.7 Å². The molecule has 0 fully saturated rings. The second kappa shape index (κ2) is 7.93. The lowest BCUT2D eigenvalue weighted by molar-refractivity contribution is -0.135. The summed E-state index contributed by atoms with van der Waals surface area (Å²) >= 11 is 6.04. The van der Waals surface area contributed by atoms with Crippen molar-refractivity contribution in [3.05, 3.63) is 28.8 Å². The number of carbonyl (C=O) groups is 1. The summed E-state index contributed by atoms with van der Waals surface area (Å²) in [6, 6.07) is 3.08. The van der Waals surface area contributed by atoms with E-state index in [0.717, 1.165) is 6.08 Å². The van der Waals surface area contributed by atoms with Crippen LogP contribution < -0.4 is 14.8 Å². The summed E-state index contributed by atoms with van der Waals surface area (Å²) in [5.41, 5.74) is 0.493. The van der Waals surface area contributed by atoms with Gasteiger partial charge >= 0.3 is 6.18 Å². The van der Waals surface area contributed by atoms with Gasteiger partial charge in [0.25, 0.3) is 0 Å². The molecule has 122 valence electrons. The fraction of sp³-hybridized carbons (Fsp3) is 0.357. The average molecular weight is 338 g/mol. The first-order valence-electron chi connectivity index (χ1n) is 6.29. The van der Waals surface area contributed by atoms with E-state index in [4.69, 9.17) is 21.1 Å². The molecule has 4 nitrogen and oxygen atoms in total. The van der Waals surface area contributed by atoms with Crippen molar-refractivity contribution in [1.82, 2.24) is 5.32 Å². The Morgan fingerprint density at radius 2 is 2.09 bits per heavy atom. The average Bonchev–Trinajstić information content (AvgIpc) is 2.44. The van der Waals surface area contributed by atoms with Crippen molar-refractivity contribution in [1.29, 1.82) is 0 Å². The van der Waals surface area contributed by atoms with E-state index in [-0.39, 0.29) is 5.02 Å². The predicted octanol–water partition coefficient (Wildman–Crippen LogP) is 3.44. The van der Waals surface area contributed by atoms with E-state index in [9.17, 15) is 18.0 Å². The van der Waals surface area contributed by atoms with E-state index >= 15 is 0 Å². The van der Waals surface area contributed by atoms with Crippen LogP contribution in [0.4, 0.5) is 13.2 Å². The molecule has 0 spiro atoms. The van der Waals surface area contributed by atoms with Gasteiger partial charge in [0, 0.05) is 6.08 Å². The van der Waals surface area contributed by atoms with E-state index < -0.39 is 18.6 Å². The van der Waals surface area contributed by atoms with Gasteiger partial charge in [-0.3, -0.25) is 4.79 Å². The third-order valence-electron chi connectivity index (χ3n) is 2.43. The van der Waals surface area contributed by atoms with Crippen molar-refractivity contribution in [2.45, 2.75) is 13.1 Å². The zero-order chi connectivity index (χ0) is 16.8. The van der Waals surface area contributed by atoms with Crippen LogP contribution in [-0.2, 0) is 4.79 Å². The van der Waals surface area contributed by atoms with Gasteiger partial charge in [-0.1, -0.05) is 11.6 Å². The van der Waals surface area contributed by atoms with Crippen LogP contribution >= 0.6 is 11.6 Å². The molecule has 0 unspecified atom stereocenters. The second-order valence-corrected chi connectivity index (χ2v) is 4.54. The first-order valence-corrected chi connectivity index (χ1v) is 6.67. The highest BCUT2D eigenvalue weighted by molar-refractivity contribution is 6.32. The summed E-state index contributed by atoms with van der Waals surface area (Å²) in [6.07, 6.45) is -2.14. The molecule has 0 atom stereocenters. The summed E-state index contributed by atoms with van der Waals surface area (Å²) < 4.78 is 46.3. The highest BCUT2D eigenvalue weighted by atomic mass is 35.5. The molecular weight excluding hydrogens is 323 g/mol. The number of methoxy groups -OCH3 is 1. The third kappa shape index (κ3) is 5.85. The maximum absolute atomic E-state index is 12.0. The van der Waals surface area contributed by atoms with Crippen LogP contribution in [0.1, 0.15) is 12.5 Å². The zero-order valence-electron chi connectivity index (χ0n) is 12.0. The number of hydrogen-bond donors (Lipinski definition) is 1. The van der Waals surface area contributed by atoms with Gasteiger partial charge < -0.3 is 14.8 Å². The predicted molar refractivity (Wildman–Crippen MR) is 77.3 cm³/mol. The summed E-state index contributed by atoms with van der Waals surface area (Å²) in [4.78, 5) is 11.3. The molecule has 0 aliphatic carbocycles. The summed E-state index contributed by atoms with van der Waals surface area (Å²) in [5.74, 6) is -0.128. The molecule has 1 N–H and O–H groups in total. The van der Waals surface area contributed by atoms with Gasteiger partial charge in [0.1, 0.15) is 6.54 Å². The highest BCUT2D eigenvalue weighted by Crippen LogP contribution is 2.36. The van der Waals surface area contributed by atoms with Crippen molar-refractivity contribution >= 4 is 23.6 Å². The third-order valence-corrected chi connectivity index (χ3v) is 2.71. The van der Waals surface area contributed by atoms with Crippen molar-refractivity contribution < 1.29 is 27.4 Å². The Morgan fingerprint density at radius 1 is 1.41 bits per heavy atom. The fourth-order valence-corrected chi connectivity index (χ4v) is 1.81. The monoisotopic (exact) mass is 337 g/mol. The Hall–Kier alpha value is -1.89. The number of benzene rings is 1. The van der Waals surface area contributed by atoms with Crippen LogP contribution in [0.2, 0.25) is 5.02 Å². The maximum atomic E-state index is 12.0. The Labute approximate surface area is 130 Å². The van der Waals surface area contributed by atoms with E-state index in [0.29, 0.717) is 23.7 Å². The molecule has 0 saturated carbocycles. The Bertz CT molecular complexity index is 559. The molecule has 22 heavy (non-hydrogen) atoms. The molecule has 8 heteroatoms. The molecule has 1 amide bonds. The van der Waals surface area contributed by atoms with Crippen molar-refractivity contribution in [2.24, 2.45) is 0 Å². The number of carbonyl (C=O) groups excluding carboxylic acids is 1. The Kier molecular flexibility index (Phi) is 6.55. The molecule has 0 bridgehead atoms. The number of hydrogen-bond acceptors (Lipinski definition) is 3. The topological polar surface area (TPSA) is 47.6 Å². The Balaban J connectivity index is 2.83. The fourth-order valence-electron chi connectivity index (χ4n) is 1.54. The van der Waals surface area contributed by atoms with Gasteiger partial charge in [-0.15, -0.1) is 0 Å². The molecular formula is C14H15ClF3NO3. The number of alkyl halides is 3. The van der Waals surface area contributed by atoms with Crippen LogP contribution in [0, 0.1) is 0 Å². The highest BCUT2D eigenvalue weighted by Gasteiger charge is 2.27. The van der Waals surface area contributed by atoms with Gasteiger partial charge in [0.05, 0.1) is 18.7 Å². The lowest BCUT2D eigenvalue weighted by atomic mass is 10.2. The first-order chi connectivity index (χ1) is 10.3. The van der Waals surface area contributed by atoms with E-state index in [2.05, 4.69) is 0 Å². The molecule has 0 radical (unpaired) electrons. The quantitative estimate of drug-likeness (QED) is 0.809. The summed E-state index contributed by atoms with van der Waals surface area (Å²) in [6.45, 7) is 0.795. The van der Waals surface area contributed by atoms with Crippen LogP contribution in [0.3, 0.4) is 0 Å². The van der Waals surface area contributed by atoms with Gasteiger partial charge in [0.15, 0.2) is 11.5 Å². The second-order valence-electron chi connectivity index (χ2n) is 4.13. The van der Waals surface area contributed by atoms with E-state index in [1.54, 1.807) is 18.3 Å². The van der Waals surface area contributed by atoms with E-state index in [1.807, 2.05) is 0 Å². The molecule has 0 saturated heterocycles. The zero-order valence-corrected chi connectivity index (χ0v) is 12.7. The molecule has 0 aromatic heterocycles. The number of nitrogens with one attached hydrogen (secondary N) is 1. The molecule has 0 heterocycles. The summed E-state index contributed by atoms with van der Waals surface area (Å²) in [5, 5.41) is 2.00. The van der Waals surface area contributed by atoms with Crippen LogP contribution in [0.25, 0.3) is 6.08 Å². The number of halogens is 4.